The number of hydrogen-bond acceptors (Lipinski definition) is 4. The quantitative estimate of drug-likeness (QED) is 0.802. The molecule has 1 N–H and O–H groups in total. The van der Waals surface area contributed by atoms with E-state index >= 15 is 0 Å². The van der Waals surface area contributed by atoms with E-state index in [2.05, 4.69) is 12.2 Å². The van der Waals surface area contributed by atoms with Gasteiger partial charge in [0.2, 0.25) is 5.91 Å². The van der Waals surface area contributed by atoms with Crippen LogP contribution in [0.2, 0.25) is 0 Å². The molecule has 2 aliphatic heterocycles. The van der Waals surface area contributed by atoms with Crippen LogP contribution in [0.5, 0.6) is 0 Å². The molecule has 0 aromatic heterocycles. The highest BCUT2D eigenvalue weighted by Gasteiger charge is 2.45. The molecule has 2 heterocycles. The topological polar surface area (TPSA) is 58.6 Å². The van der Waals surface area contributed by atoms with Crippen molar-refractivity contribution in [3.63, 3.8) is 0 Å². The minimum Gasteiger partial charge on any atom is -0.467 e. The van der Waals surface area contributed by atoms with Gasteiger partial charge in [0, 0.05) is 6.54 Å². The van der Waals surface area contributed by atoms with Gasteiger partial charge >= 0.3 is 5.97 Å². The average molecular weight is 296 g/mol. The zero-order valence-corrected chi connectivity index (χ0v) is 13.3. The van der Waals surface area contributed by atoms with E-state index in [4.69, 9.17) is 4.74 Å². The van der Waals surface area contributed by atoms with Crippen molar-refractivity contribution in [2.24, 2.45) is 5.41 Å². The molecule has 1 atom stereocenters. The molecular formula is C16H28N2O3. The lowest BCUT2D eigenvalue weighted by Crippen LogP contribution is -2.56. The Labute approximate surface area is 127 Å². The van der Waals surface area contributed by atoms with Gasteiger partial charge in [-0.15, -0.1) is 0 Å². The third-order valence-corrected chi connectivity index (χ3v) is 4.98. The number of nitrogens with zero attached hydrogens (tertiary/aromatic N) is 1. The van der Waals surface area contributed by atoms with E-state index in [0.29, 0.717) is 6.54 Å². The highest BCUT2D eigenvalue weighted by Crippen LogP contribution is 2.38. The summed E-state index contributed by atoms with van der Waals surface area (Å²) < 4.78 is 4.91. The molecule has 0 radical (unpaired) electrons. The normalized spacial score (nSPS) is 25.4. The fourth-order valence-electron chi connectivity index (χ4n) is 3.82. The number of esters is 1. The van der Waals surface area contributed by atoms with Crippen molar-refractivity contribution in [3.8, 4) is 0 Å². The summed E-state index contributed by atoms with van der Waals surface area (Å²) in [6.45, 7) is 4.60. The Bertz CT molecular complexity index is 372. The standard InChI is InChI=1S/C16H28N2O3/c1-3-7-16(8-10-17-11-9-16)15(20)18-12-5-4-6-13(18)14(19)21-2/h13,17H,3-12H2,1-2H3. The van der Waals surface area contributed by atoms with Crippen molar-refractivity contribution < 1.29 is 14.3 Å². The predicted octanol–water partition coefficient (Wildman–Crippen LogP) is 1.71. The monoisotopic (exact) mass is 296 g/mol. The predicted molar refractivity (Wildman–Crippen MR) is 80.8 cm³/mol. The van der Waals surface area contributed by atoms with E-state index in [1.807, 2.05) is 4.90 Å². The SMILES string of the molecule is CCCC1(C(=O)N2CCCCC2C(=O)OC)CCNCC1. The molecule has 120 valence electrons. The number of carbonyl (C=O) groups is 2. The van der Waals surface area contributed by atoms with Gasteiger partial charge in [-0.05, 0) is 51.6 Å². The zero-order valence-electron chi connectivity index (χ0n) is 13.3. The fraction of sp³-hybridized carbons (Fsp3) is 0.875. The first-order valence-electron chi connectivity index (χ1n) is 8.24. The fourth-order valence-corrected chi connectivity index (χ4v) is 3.82. The third kappa shape index (κ3) is 3.39. The van der Waals surface area contributed by atoms with Crippen LogP contribution in [0.4, 0.5) is 0 Å². The molecular weight excluding hydrogens is 268 g/mol. The van der Waals surface area contributed by atoms with Crippen LogP contribution >= 0.6 is 0 Å². The molecule has 2 aliphatic rings. The maximum absolute atomic E-state index is 13.2. The molecule has 0 saturated carbocycles. The second kappa shape index (κ2) is 7.25. The molecule has 5 heteroatoms. The van der Waals surface area contributed by atoms with Crippen LogP contribution in [-0.2, 0) is 14.3 Å². The Kier molecular flexibility index (Phi) is 5.62. The Morgan fingerprint density at radius 2 is 2.00 bits per heavy atom. The van der Waals surface area contributed by atoms with Gasteiger partial charge in [-0.25, -0.2) is 4.79 Å². The van der Waals surface area contributed by atoms with Gasteiger partial charge in [0.25, 0.3) is 0 Å². The number of piperidine rings is 2. The van der Waals surface area contributed by atoms with Crippen molar-refractivity contribution in [3.05, 3.63) is 0 Å². The molecule has 2 rings (SSSR count). The minimum atomic E-state index is -0.375. The first-order chi connectivity index (χ1) is 10.1. The number of methoxy groups -OCH3 is 1. The zero-order chi connectivity index (χ0) is 15.3. The molecule has 2 saturated heterocycles. The van der Waals surface area contributed by atoms with E-state index < -0.39 is 0 Å². The minimum absolute atomic E-state index is 0.181. The first kappa shape index (κ1) is 16.3. The first-order valence-corrected chi connectivity index (χ1v) is 8.24. The average Bonchev–Trinajstić information content (AvgIpc) is 2.54. The number of amides is 1. The summed E-state index contributed by atoms with van der Waals surface area (Å²) in [5.41, 5.74) is -0.274. The number of carbonyl (C=O) groups excluding carboxylic acids is 2. The molecule has 2 fully saturated rings. The van der Waals surface area contributed by atoms with Crippen LogP contribution in [0.1, 0.15) is 51.9 Å². The van der Waals surface area contributed by atoms with Crippen LogP contribution in [0.3, 0.4) is 0 Å². The van der Waals surface area contributed by atoms with Crippen molar-refractivity contribution >= 4 is 11.9 Å². The highest BCUT2D eigenvalue weighted by atomic mass is 16.5. The lowest BCUT2D eigenvalue weighted by atomic mass is 9.73. The second-order valence-corrected chi connectivity index (χ2v) is 6.31. The van der Waals surface area contributed by atoms with Crippen LogP contribution in [0.15, 0.2) is 0 Å². The molecule has 1 amide bonds. The maximum atomic E-state index is 13.2. The molecule has 0 aromatic rings. The van der Waals surface area contributed by atoms with Crippen LogP contribution in [-0.4, -0.2) is 49.6 Å². The second-order valence-electron chi connectivity index (χ2n) is 6.31. The number of nitrogens with one attached hydrogen (secondary N) is 1. The maximum Gasteiger partial charge on any atom is 0.328 e. The van der Waals surface area contributed by atoms with E-state index in [1.54, 1.807) is 0 Å². The summed E-state index contributed by atoms with van der Waals surface area (Å²) in [5, 5.41) is 3.34. The molecule has 0 bridgehead atoms. The van der Waals surface area contributed by atoms with Crippen molar-refractivity contribution in [1.82, 2.24) is 10.2 Å². The van der Waals surface area contributed by atoms with Gasteiger partial charge in [-0.2, -0.15) is 0 Å². The van der Waals surface area contributed by atoms with Crippen LogP contribution in [0.25, 0.3) is 0 Å². The van der Waals surface area contributed by atoms with Gasteiger partial charge in [-0.3, -0.25) is 4.79 Å². The summed E-state index contributed by atoms with van der Waals surface area (Å²) in [7, 11) is 1.41. The van der Waals surface area contributed by atoms with E-state index in [1.165, 1.54) is 7.11 Å². The summed E-state index contributed by atoms with van der Waals surface area (Å²) in [5.74, 6) is -0.0791. The van der Waals surface area contributed by atoms with Gasteiger partial charge in [0.05, 0.1) is 12.5 Å². The number of rotatable bonds is 4. The lowest BCUT2D eigenvalue weighted by molar-refractivity contribution is -0.160. The Morgan fingerprint density at radius 3 is 2.62 bits per heavy atom. The lowest BCUT2D eigenvalue weighted by Gasteiger charge is -2.43. The van der Waals surface area contributed by atoms with Crippen LogP contribution in [0, 0.1) is 5.41 Å². The molecule has 0 spiro atoms. The number of ether oxygens (including phenoxy) is 1. The summed E-state index contributed by atoms with van der Waals surface area (Å²) in [4.78, 5) is 27.0. The van der Waals surface area contributed by atoms with Crippen molar-refractivity contribution in [2.75, 3.05) is 26.7 Å². The third-order valence-electron chi connectivity index (χ3n) is 4.98. The van der Waals surface area contributed by atoms with Crippen molar-refractivity contribution in [2.45, 2.75) is 57.9 Å². The largest absolute Gasteiger partial charge is 0.467 e. The van der Waals surface area contributed by atoms with E-state index in [0.717, 1.165) is 58.0 Å². The molecule has 0 aliphatic carbocycles. The number of hydrogen-bond donors (Lipinski definition) is 1. The van der Waals surface area contributed by atoms with E-state index in [-0.39, 0.29) is 23.3 Å². The van der Waals surface area contributed by atoms with E-state index in [9.17, 15) is 9.59 Å². The smallest absolute Gasteiger partial charge is 0.328 e. The Hall–Kier alpha value is -1.10. The van der Waals surface area contributed by atoms with Gasteiger partial charge in [0.15, 0.2) is 0 Å². The molecule has 1 unspecified atom stereocenters. The van der Waals surface area contributed by atoms with Gasteiger partial charge in [0.1, 0.15) is 6.04 Å². The number of likely N-dealkylation sites (tertiary alicyclic amines) is 1. The van der Waals surface area contributed by atoms with Crippen molar-refractivity contribution in [1.29, 1.82) is 0 Å². The summed E-state index contributed by atoms with van der Waals surface area (Å²) >= 11 is 0. The molecule has 5 nitrogen and oxygen atoms in total. The van der Waals surface area contributed by atoms with Gasteiger partial charge < -0.3 is 15.0 Å². The van der Waals surface area contributed by atoms with Crippen LogP contribution < -0.4 is 5.32 Å². The highest BCUT2D eigenvalue weighted by molar-refractivity contribution is 5.88. The molecule has 21 heavy (non-hydrogen) atoms. The van der Waals surface area contributed by atoms with Gasteiger partial charge in [-0.1, -0.05) is 13.3 Å². The summed E-state index contributed by atoms with van der Waals surface area (Å²) in [6, 6.07) is -0.375. The molecule has 0 aromatic carbocycles. The Balaban J connectivity index is 2.19. The summed E-state index contributed by atoms with van der Waals surface area (Å²) in [6.07, 6.45) is 6.39. The Morgan fingerprint density at radius 1 is 1.29 bits per heavy atom.